The van der Waals surface area contributed by atoms with Crippen LogP contribution in [0.25, 0.3) is 0 Å². The van der Waals surface area contributed by atoms with Gasteiger partial charge in [0.05, 0.1) is 42.6 Å². The van der Waals surface area contributed by atoms with Gasteiger partial charge in [-0.3, -0.25) is 4.98 Å². The van der Waals surface area contributed by atoms with Crippen LogP contribution in [0.1, 0.15) is 29.7 Å². The third kappa shape index (κ3) is 3.81. The van der Waals surface area contributed by atoms with Gasteiger partial charge in [0.1, 0.15) is 5.75 Å². The summed E-state index contributed by atoms with van der Waals surface area (Å²) in [7, 11) is 3.30. The standard InChI is InChI=1S/C22H22N2O2/c1-16(25-2)21-19(14-23-15-20(21)26-3)24-22(17-10-6-4-7-11-17)18-12-8-5-9-13-18/h4-16H,1-3H3. The summed E-state index contributed by atoms with van der Waals surface area (Å²) in [5, 5.41) is 0. The molecule has 0 saturated heterocycles. The second kappa shape index (κ2) is 8.41. The third-order valence-electron chi connectivity index (χ3n) is 4.24. The lowest BCUT2D eigenvalue weighted by Gasteiger charge is -2.17. The number of ether oxygens (including phenoxy) is 2. The van der Waals surface area contributed by atoms with E-state index in [1.807, 2.05) is 43.3 Å². The van der Waals surface area contributed by atoms with Crippen molar-refractivity contribution in [3.63, 3.8) is 0 Å². The molecule has 0 amide bonds. The Hall–Kier alpha value is -2.98. The molecule has 0 aliphatic carbocycles. The van der Waals surface area contributed by atoms with E-state index in [0.29, 0.717) is 5.75 Å². The molecule has 4 nitrogen and oxygen atoms in total. The van der Waals surface area contributed by atoms with Gasteiger partial charge in [-0.2, -0.15) is 0 Å². The van der Waals surface area contributed by atoms with Crippen molar-refractivity contribution < 1.29 is 9.47 Å². The first-order valence-electron chi connectivity index (χ1n) is 8.48. The van der Waals surface area contributed by atoms with Gasteiger partial charge in [-0.05, 0) is 6.92 Å². The Morgan fingerprint density at radius 3 is 1.96 bits per heavy atom. The molecule has 0 aliphatic rings. The Kier molecular flexibility index (Phi) is 5.77. The van der Waals surface area contributed by atoms with Crippen molar-refractivity contribution in [1.82, 2.24) is 4.98 Å². The van der Waals surface area contributed by atoms with E-state index < -0.39 is 0 Å². The molecule has 2 aromatic carbocycles. The summed E-state index contributed by atoms with van der Waals surface area (Å²) in [6.45, 7) is 1.97. The maximum Gasteiger partial charge on any atom is 0.145 e. The van der Waals surface area contributed by atoms with Crippen LogP contribution in [0, 0.1) is 0 Å². The summed E-state index contributed by atoms with van der Waals surface area (Å²) in [6, 6.07) is 20.3. The molecular formula is C22H22N2O2. The molecule has 1 unspecified atom stereocenters. The topological polar surface area (TPSA) is 43.7 Å². The molecule has 3 rings (SSSR count). The van der Waals surface area contributed by atoms with Crippen LogP contribution in [0.5, 0.6) is 5.75 Å². The number of methoxy groups -OCH3 is 2. The summed E-state index contributed by atoms with van der Waals surface area (Å²) in [4.78, 5) is 9.26. The predicted molar refractivity (Wildman–Crippen MR) is 104 cm³/mol. The van der Waals surface area contributed by atoms with Crippen LogP contribution >= 0.6 is 0 Å². The number of benzene rings is 2. The molecule has 1 heterocycles. The molecule has 0 saturated carbocycles. The first-order valence-corrected chi connectivity index (χ1v) is 8.48. The Bertz CT molecular complexity index is 836. The van der Waals surface area contributed by atoms with Gasteiger partial charge in [0.25, 0.3) is 0 Å². The fraction of sp³-hybridized carbons (Fsp3) is 0.182. The maximum atomic E-state index is 5.54. The van der Waals surface area contributed by atoms with Crippen molar-refractivity contribution in [3.05, 3.63) is 89.7 Å². The van der Waals surface area contributed by atoms with Gasteiger partial charge in [0, 0.05) is 18.2 Å². The fourth-order valence-corrected chi connectivity index (χ4v) is 2.83. The molecule has 1 atom stereocenters. The zero-order valence-electron chi connectivity index (χ0n) is 15.2. The number of rotatable bonds is 6. The summed E-state index contributed by atoms with van der Waals surface area (Å²) in [5.74, 6) is 0.668. The molecule has 0 radical (unpaired) electrons. The molecule has 0 spiro atoms. The Morgan fingerprint density at radius 2 is 1.46 bits per heavy atom. The van der Waals surface area contributed by atoms with Gasteiger partial charge < -0.3 is 9.47 Å². The lowest BCUT2D eigenvalue weighted by Crippen LogP contribution is -2.05. The van der Waals surface area contributed by atoms with Crippen LogP contribution in [0.4, 0.5) is 5.69 Å². The van der Waals surface area contributed by atoms with Crippen LogP contribution in [-0.4, -0.2) is 24.9 Å². The predicted octanol–water partition coefficient (Wildman–Crippen LogP) is 4.97. The Balaban J connectivity index is 2.21. The molecule has 0 aliphatic heterocycles. The van der Waals surface area contributed by atoms with Crippen molar-refractivity contribution in [2.24, 2.45) is 4.99 Å². The first-order chi connectivity index (χ1) is 12.7. The highest BCUT2D eigenvalue weighted by atomic mass is 16.5. The summed E-state index contributed by atoms with van der Waals surface area (Å²) < 4.78 is 11.0. The third-order valence-corrected chi connectivity index (χ3v) is 4.24. The minimum atomic E-state index is -0.167. The van der Waals surface area contributed by atoms with E-state index in [1.54, 1.807) is 26.6 Å². The molecule has 4 heteroatoms. The van der Waals surface area contributed by atoms with E-state index in [-0.39, 0.29) is 6.10 Å². The zero-order chi connectivity index (χ0) is 18.4. The van der Waals surface area contributed by atoms with Crippen molar-refractivity contribution in [3.8, 4) is 5.75 Å². The summed E-state index contributed by atoms with van der Waals surface area (Å²) in [5.41, 5.74) is 4.58. The van der Waals surface area contributed by atoms with Gasteiger partial charge in [0.2, 0.25) is 0 Å². The number of aromatic nitrogens is 1. The second-order valence-electron chi connectivity index (χ2n) is 5.84. The second-order valence-corrected chi connectivity index (χ2v) is 5.84. The average molecular weight is 346 g/mol. The van der Waals surface area contributed by atoms with Crippen molar-refractivity contribution in [1.29, 1.82) is 0 Å². The molecule has 1 aromatic heterocycles. The van der Waals surface area contributed by atoms with Gasteiger partial charge in [-0.15, -0.1) is 0 Å². The molecule has 0 fully saturated rings. The quantitative estimate of drug-likeness (QED) is 0.592. The number of hydrogen-bond acceptors (Lipinski definition) is 4. The smallest absolute Gasteiger partial charge is 0.145 e. The zero-order valence-corrected chi connectivity index (χ0v) is 15.2. The molecule has 26 heavy (non-hydrogen) atoms. The van der Waals surface area contributed by atoms with Crippen molar-refractivity contribution >= 4 is 11.4 Å². The van der Waals surface area contributed by atoms with E-state index in [9.17, 15) is 0 Å². The summed E-state index contributed by atoms with van der Waals surface area (Å²) in [6.07, 6.45) is 3.27. The van der Waals surface area contributed by atoms with E-state index in [1.165, 1.54) is 0 Å². The van der Waals surface area contributed by atoms with Crippen LogP contribution in [-0.2, 0) is 4.74 Å². The number of nitrogens with zero attached hydrogens (tertiary/aromatic N) is 2. The van der Waals surface area contributed by atoms with Gasteiger partial charge in [0.15, 0.2) is 0 Å². The molecule has 132 valence electrons. The highest BCUT2D eigenvalue weighted by molar-refractivity contribution is 6.14. The number of pyridine rings is 1. The van der Waals surface area contributed by atoms with Crippen LogP contribution in [0.2, 0.25) is 0 Å². The summed E-state index contributed by atoms with van der Waals surface area (Å²) >= 11 is 0. The van der Waals surface area contributed by atoms with Crippen LogP contribution in [0.3, 0.4) is 0 Å². The molecular weight excluding hydrogens is 324 g/mol. The first kappa shape index (κ1) is 17.8. The minimum absolute atomic E-state index is 0.167. The highest BCUT2D eigenvalue weighted by Gasteiger charge is 2.17. The monoisotopic (exact) mass is 346 g/mol. The Morgan fingerprint density at radius 1 is 0.885 bits per heavy atom. The number of aliphatic imine (C=N–C) groups is 1. The fourth-order valence-electron chi connectivity index (χ4n) is 2.83. The molecule has 0 N–H and O–H groups in total. The lowest BCUT2D eigenvalue weighted by atomic mass is 10.0. The largest absolute Gasteiger partial charge is 0.495 e. The van der Waals surface area contributed by atoms with Gasteiger partial charge in [-0.1, -0.05) is 60.7 Å². The van der Waals surface area contributed by atoms with Gasteiger partial charge in [-0.25, -0.2) is 4.99 Å². The molecule has 0 bridgehead atoms. The van der Waals surface area contributed by atoms with Crippen LogP contribution < -0.4 is 4.74 Å². The van der Waals surface area contributed by atoms with E-state index >= 15 is 0 Å². The highest BCUT2D eigenvalue weighted by Crippen LogP contribution is 2.35. The van der Waals surface area contributed by atoms with Crippen LogP contribution in [0.15, 0.2) is 78.0 Å². The van der Waals surface area contributed by atoms with E-state index in [2.05, 4.69) is 29.2 Å². The van der Waals surface area contributed by atoms with E-state index in [0.717, 1.165) is 28.1 Å². The molecule has 3 aromatic rings. The maximum absolute atomic E-state index is 5.54. The van der Waals surface area contributed by atoms with Crippen molar-refractivity contribution in [2.75, 3.05) is 14.2 Å². The normalized spacial score (nSPS) is 11.7. The Labute approximate surface area is 154 Å². The SMILES string of the molecule is COc1cncc(N=C(c2ccccc2)c2ccccc2)c1C(C)OC. The number of hydrogen-bond donors (Lipinski definition) is 0. The van der Waals surface area contributed by atoms with Crippen molar-refractivity contribution in [2.45, 2.75) is 13.0 Å². The lowest BCUT2D eigenvalue weighted by molar-refractivity contribution is 0.117. The average Bonchev–Trinajstić information content (AvgIpc) is 2.72. The van der Waals surface area contributed by atoms with Gasteiger partial charge >= 0.3 is 0 Å². The minimum Gasteiger partial charge on any atom is -0.495 e. The van der Waals surface area contributed by atoms with E-state index in [4.69, 9.17) is 14.5 Å².